The zero-order chi connectivity index (χ0) is 16.0. The number of thioether (sulfide) groups is 1. The van der Waals surface area contributed by atoms with Gasteiger partial charge in [0.25, 0.3) is 0 Å². The van der Waals surface area contributed by atoms with E-state index in [-0.39, 0.29) is 12.5 Å². The predicted octanol–water partition coefficient (Wildman–Crippen LogP) is 2.09. The summed E-state index contributed by atoms with van der Waals surface area (Å²) < 4.78 is 5.08. The Hall–Kier alpha value is -1.50. The van der Waals surface area contributed by atoms with Crippen LogP contribution in [0.2, 0.25) is 0 Å². The lowest BCUT2D eigenvalue weighted by Crippen LogP contribution is -2.37. The smallest absolute Gasteiger partial charge is 0.308 e. The van der Waals surface area contributed by atoms with Gasteiger partial charge in [-0.3, -0.25) is 9.59 Å². The fourth-order valence-corrected chi connectivity index (χ4v) is 2.93. The number of aliphatic carboxylic acids is 1. The third-order valence-electron chi connectivity index (χ3n) is 3.30. The van der Waals surface area contributed by atoms with Crippen molar-refractivity contribution in [3.63, 3.8) is 0 Å². The molecule has 21 heavy (non-hydrogen) atoms. The van der Waals surface area contributed by atoms with E-state index in [1.54, 1.807) is 11.8 Å². The van der Waals surface area contributed by atoms with E-state index >= 15 is 0 Å². The van der Waals surface area contributed by atoms with Gasteiger partial charge in [-0.15, -0.1) is 11.8 Å². The maximum Gasteiger partial charge on any atom is 0.308 e. The standard InChI is InChI=1S/C14H22N2O4S/c1-5-16(6-9(2)14(18)19)13(17)8-21-7-12-10(3)15-20-11(12)4/h9H,5-8H2,1-4H3,(H,18,19). The zero-order valence-corrected chi connectivity index (χ0v) is 13.7. The topological polar surface area (TPSA) is 83.6 Å². The predicted molar refractivity (Wildman–Crippen MR) is 81.2 cm³/mol. The highest BCUT2D eigenvalue weighted by atomic mass is 32.2. The lowest BCUT2D eigenvalue weighted by molar-refractivity contribution is -0.142. The highest BCUT2D eigenvalue weighted by Crippen LogP contribution is 2.19. The molecule has 0 aliphatic heterocycles. The molecule has 0 radical (unpaired) electrons. The van der Waals surface area contributed by atoms with Gasteiger partial charge in [-0.1, -0.05) is 12.1 Å². The summed E-state index contributed by atoms with van der Waals surface area (Å²) in [6, 6.07) is 0. The van der Waals surface area contributed by atoms with E-state index in [9.17, 15) is 9.59 Å². The number of nitrogens with zero attached hydrogens (tertiary/aromatic N) is 2. The van der Waals surface area contributed by atoms with Gasteiger partial charge in [0.2, 0.25) is 5.91 Å². The second-order valence-corrected chi connectivity index (χ2v) is 5.95. The van der Waals surface area contributed by atoms with E-state index in [4.69, 9.17) is 9.63 Å². The van der Waals surface area contributed by atoms with Crippen LogP contribution in [0.3, 0.4) is 0 Å². The summed E-state index contributed by atoms with van der Waals surface area (Å²) in [6.07, 6.45) is 0. The van der Waals surface area contributed by atoms with Crippen molar-refractivity contribution in [1.82, 2.24) is 10.1 Å². The third-order valence-corrected chi connectivity index (χ3v) is 4.25. The van der Waals surface area contributed by atoms with Crippen molar-refractivity contribution < 1.29 is 19.2 Å². The average molecular weight is 314 g/mol. The fraction of sp³-hybridized carbons (Fsp3) is 0.643. The molecule has 0 saturated heterocycles. The van der Waals surface area contributed by atoms with Crippen LogP contribution in [0, 0.1) is 19.8 Å². The monoisotopic (exact) mass is 314 g/mol. The summed E-state index contributed by atoms with van der Waals surface area (Å²) in [5.41, 5.74) is 1.87. The van der Waals surface area contributed by atoms with Gasteiger partial charge in [0, 0.05) is 24.4 Å². The molecule has 1 rings (SSSR count). The lowest BCUT2D eigenvalue weighted by Gasteiger charge is -2.22. The third kappa shape index (κ3) is 5.08. The second-order valence-electron chi connectivity index (χ2n) is 4.97. The molecule has 0 aliphatic carbocycles. The summed E-state index contributed by atoms with van der Waals surface area (Å²) >= 11 is 1.49. The Morgan fingerprint density at radius 2 is 2.10 bits per heavy atom. The van der Waals surface area contributed by atoms with Gasteiger partial charge in [-0.25, -0.2) is 0 Å². The first-order chi connectivity index (χ1) is 9.86. The Kier molecular flexibility index (Phi) is 6.74. The van der Waals surface area contributed by atoms with Crippen molar-refractivity contribution in [3.8, 4) is 0 Å². The SMILES string of the molecule is CCN(CC(C)C(=O)O)C(=O)CSCc1c(C)noc1C. The first-order valence-electron chi connectivity index (χ1n) is 6.86. The molecule has 1 aromatic rings. The van der Waals surface area contributed by atoms with Crippen LogP contribution in [0.25, 0.3) is 0 Å². The molecule has 0 aromatic carbocycles. The van der Waals surface area contributed by atoms with Gasteiger partial charge in [0.05, 0.1) is 17.4 Å². The Balaban J connectivity index is 2.46. The van der Waals surface area contributed by atoms with Gasteiger partial charge in [-0.2, -0.15) is 0 Å². The number of hydrogen-bond donors (Lipinski definition) is 1. The van der Waals surface area contributed by atoms with Gasteiger partial charge in [-0.05, 0) is 20.8 Å². The van der Waals surface area contributed by atoms with E-state index in [1.807, 2.05) is 20.8 Å². The van der Waals surface area contributed by atoms with Gasteiger partial charge >= 0.3 is 5.97 Å². The molecule has 0 spiro atoms. The molecular weight excluding hydrogens is 292 g/mol. The molecule has 1 N–H and O–H groups in total. The Morgan fingerprint density at radius 1 is 1.43 bits per heavy atom. The maximum atomic E-state index is 12.1. The van der Waals surface area contributed by atoms with E-state index < -0.39 is 11.9 Å². The van der Waals surface area contributed by atoms with Crippen molar-refractivity contribution in [2.45, 2.75) is 33.4 Å². The van der Waals surface area contributed by atoms with Crippen LogP contribution in [0.5, 0.6) is 0 Å². The maximum absolute atomic E-state index is 12.1. The Labute approximate surface area is 128 Å². The number of carboxylic acid groups (broad SMARTS) is 1. The van der Waals surface area contributed by atoms with Gasteiger partial charge < -0.3 is 14.5 Å². The number of amides is 1. The molecule has 7 heteroatoms. The minimum Gasteiger partial charge on any atom is -0.481 e. The Bertz CT molecular complexity index is 482. The molecule has 118 valence electrons. The molecule has 0 saturated carbocycles. The highest BCUT2D eigenvalue weighted by molar-refractivity contribution is 7.99. The summed E-state index contributed by atoms with van der Waals surface area (Å²) in [5.74, 6) is 0.288. The molecule has 1 atom stereocenters. The number of carbonyl (C=O) groups excluding carboxylic acids is 1. The van der Waals surface area contributed by atoms with Crippen LogP contribution in [0.4, 0.5) is 0 Å². The van der Waals surface area contributed by atoms with Gasteiger partial charge in [0.15, 0.2) is 0 Å². The van der Waals surface area contributed by atoms with Crippen molar-refractivity contribution in [1.29, 1.82) is 0 Å². The molecule has 1 unspecified atom stereocenters. The number of aryl methyl sites for hydroxylation is 2. The van der Waals surface area contributed by atoms with E-state index in [0.29, 0.717) is 18.1 Å². The van der Waals surface area contributed by atoms with Crippen molar-refractivity contribution in [2.24, 2.45) is 5.92 Å². The van der Waals surface area contributed by atoms with Gasteiger partial charge in [0.1, 0.15) is 5.76 Å². The molecule has 0 bridgehead atoms. The average Bonchev–Trinajstić information content (AvgIpc) is 2.75. The van der Waals surface area contributed by atoms with Crippen LogP contribution in [0.15, 0.2) is 4.52 Å². The molecule has 1 amide bonds. The number of carboxylic acids is 1. The van der Waals surface area contributed by atoms with Crippen LogP contribution in [-0.2, 0) is 15.3 Å². The minimum absolute atomic E-state index is 0.0395. The van der Waals surface area contributed by atoms with Crippen molar-refractivity contribution in [3.05, 3.63) is 17.0 Å². The van der Waals surface area contributed by atoms with Crippen molar-refractivity contribution >= 4 is 23.6 Å². The van der Waals surface area contributed by atoms with Crippen LogP contribution >= 0.6 is 11.8 Å². The lowest BCUT2D eigenvalue weighted by atomic mass is 10.2. The first kappa shape index (κ1) is 17.6. The van der Waals surface area contributed by atoms with E-state index in [2.05, 4.69) is 5.16 Å². The van der Waals surface area contributed by atoms with Crippen LogP contribution in [-0.4, -0.2) is 45.9 Å². The Morgan fingerprint density at radius 3 is 2.57 bits per heavy atom. The zero-order valence-electron chi connectivity index (χ0n) is 12.9. The fourth-order valence-electron chi connectivity index (χ4n) is 1.86. The molecular formula is C14H22N2O4S. The summed E-state index contributed by atoms with van der Waals surface area (Å²) in [7, 11) is 0. The molecule has 1 aromatic heterocycles. The summed E-state index contributed by atoms with van der Waals surface area (Å²) in [4.78, 5) is 24.5. The second kappa shape index (κ2) is 8.07. The normalized spacial score (nSPS) is 12.2. The molecule has 0 aliphatic rings. The van der Waals surface area contributed by atoms with Crippen molar-refractivity contribution in [2.75, 3.05) is 18.8 Å². The molecule has 6 nitrogen and oxygen atoms in total. The quantitative estimate of drug-likeness (QED) is 0.791. The number of rotatable bonds is 8. The number of hydrogen-bond acceptors (Lipinski definition) is 5. The first-order valence-corrected chi connectivity index (χ1v) is 8.02. The summed E-state index contributed by atoms with van der Waals surface area (Å²) in [5, 5.41) is 12.8. The van der Waals surface area contributed by atoms with E-state index in [0.717, 1.165) is 17.0 Å². The highest BCUT2D eigenvalue weighted by Gasteiger charge is 2.19. The largest absolute Gasteiger partial charge is 0.481 e. The van der Waals surface area contributed by atoms with Crippen LogP contribution < -0.4 is 0 Å². The number of aromatic nitrogens is 1. The number of carbonyl (C=O) groups is 2. The molecule has 1 heterocycles. The minimum atomic E-state index is -0.885. The van der Waals surface area contributed by atoms with Crippen LogP contribution in [0.1, 0.15) is 30.9 Å². The molecule has 0 fully saturated rings. The summed E-state index contributed by atoms with van der Waals surface area (Å²) in [6.45, 7) is 7.95. The van der Waals surface area contributed by atoms with E-state index in [1.165, 1.54) is 11.8 Å².